The molecule has 0 aromatic heterocycles. The zero-order valence-electron chi connectivity index (χ0n) is 5.84. The summed E-state index contributed by atoms with van der Waals surface area (Å²) in [6.45, 7) is 1.99. The van der Waals surface area contributed by atoms with Gasteiger partial charge in [-0.25, -0.2) is 5.11 Å². The first-order chi connectivity index (χ1) is 4.41. The molecule has 0 bridgehead atoms. The third kappa shape index (κ3) is 7.44. The number of allylic oxidation sites excluding steroid dienone is 3. The normalized spacial score (nSPS) is 11.8. The second-order valence-corrected chi connectivity index (χ2v) is 1.77. The Morgan fingerprint density at radius 3 is 2.56 bits per heavy atom. The second-order valence-electron chi connectivity index (χ2n) is 1.77. The third-order valence-electron chi connectivity index (χ3n) is 0.959. The minimum atomic E-state index is 0.00629. The van der Waals surface area contributed by atoms with Gasteiger partial charge in [0.15, 0.2) is 0 Å². The predicted octanol–water partition coefficient (Wildman–Crippen LogP) is 2.33. The van der Waals surface area contributed by atoms with Crippen molar-refractivity contribution >= 4 is 0 Å². The van der Waals surface area contributed by atoms with E-state index < -0.39 is 0 Å². The van der Waals surface area contributed by atoms with Gasteiger partial charge in [0.1, 0.15) is 0 Å². The maximum atomic E-state index is 9.89. The van der Waals surface area contributed by atoms with Crippen molar-refractivity contribution in [1.82, 2.24) is 0 Å². The number of hydrogen-bond acceptors (Lipinski definition) is 0. The van der Waals surface area contributed by atoms with E-state index in [0.29, 0.717) is 6.42 Å². The first-order valence-corrected chi connectivity index (χ1v) is 3.26. The lowest BCUT2D eigenvalue weighted by Gasteiger charge is -1.80. The summed E-state index contributed by atoms with van der Waals surface area (Å²) in [7, 11) is 0. The summed E-state index contributed by atoms with van der Waals surface area (Å²) in [5.74, 6) is 0. The fraction of sp³-hybridized carbons (Fsp3) is 0.500. The molecule has 51 valence electrons. The Bertz CT molecular complexity index is 92.7. The second kappa shape index (κ2) is 7.44. The van der Waals surface area contributed by atoms with Crippen LogP contribution in [0.15, 0.2) is 24.3 Å². The van der Waals surface area contributed by atoms with Crippen molar-refractivity contribution < 1.29 is 5.11 Å². The average molecular weight is 125 g/mol. The topological polar surface area (TPSA) is 19.9 Å². The van der Waals surface area contributed by atoms with Crippen LogP contribution in [0.4, 0.5) is 0 Å². The van der Waals surface area contributed by atoms with Gasteiger partial charge in [0.25, 0.3) is 0 Å². The molecule has 9 heavy (non-hydrogen) atoms. The fourth-order valence-corrected chi connectivity index (χ4v) is 0.497. The average Bonchev–Trinajstić information content (AvgIpc) is 1.89. The summed E-state index contributed by atoms with van der Waals surface area (Å²) in [4.78, 5) is 0. The van der Waals surface area contributed by atoms with E-state index in [4.69, 9.17) is 0 Å². The summed E-state index contributed by atoms with van der Waals surface area (Å²) in [5, 5.41) is 9.89. The molecule has 0 saturated heterocycles. The van der Waals surface area contributed by atoms with Gasteiger partial charge in [0, 0.05) is 0 Å². The van der Waals surface area contributed by atoms with Crippen LogP contribution in [-0.4, -0.2) is 6.61 Å². The van der Waals surface area contributed by atoms with Crippen LogP contribution in [0.1, 0.15) is 19.8 Å². The standard InChI is InChI=1S/C8H13O/c1-2-3-4-5-6-7-8-9/h2-3,5-6H,4,7-8H2,1H3. The van der Waals surface area contributed by atoms with Gasteiger partial charge in [-0.1, -0.05) is 24.3 Å². The molecule has 0 saturated carbocycles. The molecule has 0 spiro atoms. The summed E-state index contributed by atoms with van der Waals surface area (Å²) in [6.07, 6.45) is 9.61. The zero-order chi connectivity index (χ0) is 6.95. The van der Waals surface area contributed by atoms with Gasteiger partial charge in [-0.3, -0.25) is 0 Å². The van der Waals surface area contributed by atoms with Crippen molar-refractivity contribution in [2.24, 2.45) is 0 Å². The number of hydrogen-bond donors (Lipinski definition) is 0. The van der Waals surface area contributed by atoms with Gasteiger partial charge >= 0.3 is 0 Å². The summed E-state index contributed by atoms with van der Waals surface area (Å²) >= 11 is 0. The molecule has 1 nitrogen and oxygen atoms in total. The van der Waals surface area contributed by atoms with Crippen LogP contribution >= 0.6 is 0 Å². The maximum absolute atomic E-state index is 9.89. The van der Waals surface area contributed by atoms with Crippen LogP contribution < -0.4 is 0 Å². The van der Waals surface area contributed by atoms with E-state index in [1.807, 2.05) is 25.2 Å². The molecule has 0 unspecified atom stereocenters. The molecule has 1 heteroatoms. The van der Waals surface area contributed by atoms with Gasteiger partial charge in [0.2, 0.25) is 0 Å². The van der Waals surface area contributed by atoms with Gasteiger partial charge in [-0.2, -0.15) is 0 Å². The van der Waals surface area contributed by atoms with Crippen LogP contribution in [0, 0.1) is 0 Å². The highest BCUT2D eigenvalue weighted by molar-refractivity contribution is 4.90. The molecule has 0 rings (SSSR count). The quantitative estimate of drug-likeness (QED) is 0.514. The molecule has 0 amide bonds. The van der Waals surface area contributed by atoms with Gasteiger partial charge in [0.05, 0.1) is 6.61 Å². The van der Waals surface area contributed by atoms with Crippen LogP contribution in [0.3, 0.4) is 0 Å². The van der Waals surface area contributed by atoms with Crippen LogP contribution in [0.2, 0.25) is 0 Å². The van der Waals surface area contributed by atoms with Crippen LogP contribution in [-0.2, 0) is 5.11 Å². The van der Waals surface area contributed by atoms with Gasteiger partial charge < -0.3 is 0 Å². The molecule has 0 N–H and O–H groups in total. The van der Waals surface area contributed by atoms with E-state index in [9.17, 15) is 5.11 Å². The van der Waals surface area contributed by atoms with Gasteiger partial charge in [-0.15, -0.1) is 0 Å². The van der Waals surface area contributed by atoms with E-state index in [2.05, 4.69) is 6.08 Å². The highest BCUT2D eigenvalue weighted by Gasteiger charge is 1.72. The molecule has 0 heterocycles. The first kappa shape index (κ1) is 8.44. The molecule has 0 aromatic rings. The zero-order valence-corrected chi connectivity index (χ0v) is 5.84. The molecule has 0 aliphatic carbocycles. The lowest BCUT2D eigenvalue weighted by molar-refractivity contribution is 0.199. The largest absolute Gasteiger partial charge is 0.236 e. The van der Waals surface area contributed by atoms with Crippen LogP contribution in [0.5, 0.6) is 0 Å². The molecule has 0 fully saturated rings. The molecular formula is C8H13O. The highest BCUT2D eigenvalue weighted by atomic mass is 16.2. The molecule has 1 radical (unpaired) electrons. The Morgan fingerprint density at radius 1 is 1.22 bits per heavy atom. The van der Waals surface area contributed by atoms with Crippen molar-refractivity contribution in [3.63, 3.8) is 0 Å². The monoisotopic (exact) mass is 125 g/mol. The van der Waals surface area contributed by atoms with E-state index in [-0.39, 0.29) is 6.61 Å². The Labute approximate surface area is 56.7 Å². The van der Waals surface area contributed by atoms with Crippen molar-refractivity contribution in [2.75, 3.05) is 6.61 Å². The molecule has 0 aromatic carbocycles. The van der Waals surface area contributed by atoms with Crippen molar-refractivity contribution in [3.8, 4) is 0 Å². The smallest absolute Gasteiger partial charge is 0.0856 e. The molecular weight excluding hydrogens is 112 g/mol. The lowest BCUT2D eigenvalue weighted by Crippen LogP contribution is -1.71. The van der Waals surface area contributed by atoms with Crippen LogP contribution in [0.25, 0.3) is 0 Å². The Kier molecular flexibility index (Phi) is 6.98. The van der Waals surface area contributed by atoms with Crippen molar-refractivity contribution in [2.45, 2.75) is 19.8 Å². The first-order valence-electron chi connectivity index (χ1n) is 3.26. The number of rotatable bonds is 4. The summed E-state index contributed by atoms with van der Waals surface area (Å²) in [5.41, 5.74) is 0. The lowest BCUT2D eigenvalue weighted by atomic mass is 10.3. The summed E-state index contributed by atoms with van der Waals surface area (Å²) < 4.78 is 0. The van der Waals surface area contributed by atoms with Gasteiger partial charge in [-0.05, 0) is 19.8 Å². The molecule has 0 atom stereocenters. The minimum Gasteiger partial charge on any atom is -0.236 e. The van der Waals surface area contributed by atoms with E-state index in [1.165, 1.54) is 0 Å². The van der Waals surface area contributed by atoms with Crippen molar-refractivity contribution in [1.29, 1.82) is 0 Å². The maximum Gasteiger partial charge on any atom is 0.0856 e. The Morgan fingerprint density at radius 2 is 2.00 bits per heavy atom. The Balaban J connectivity index is 3.04. The van der Waals surface area contributed by atoms with E-state index in [0.717, 1.165) is 6.42 Å². The minimum absolute atomic E-state index is 0.00629. The fourth-order valence-electron chi connectivity index (χ4n) is 0.497. The summed E-state index contributed by atoms with van der Waals surface area (Å²) in [6, 6.07) is 0. The molecule has 0 aliphatic rings. The van der Waals surface area contributed by atoms with Crippen molar-refractivity contribution in [3.05, 3.63) is 24.3 Å². The third-order valence-corrected chi connectivity index (χ3v) is 0.959. The Hall–Kier alpha value is -0.560. The van der Waals surface area contributed by atoms with E-state index >= 15 is 0 Å². The molecule has 0 aliphatic heterocycles. The highest BCUT2D eigenvalue weighted by Crippen LogP contribution is 1.87. The van der Waals surface area contributed by atoms with E-state index in [1.54, 1.807) is 0 Å². The predicted molar refractivity (Wildman–Crippen MR) is 38.7 cm³/mol. The SMILES string of the molecule is CC=CCC=CCC[O].